The van der Waals surface area contributed by atoms with Crippen molar-refractivity contribution in [3.8, 4) is 6.07 Å². The second kappa shape index (κ2) is 3.76. The average molecular weight is 224 g/mol. The molecule has 1 aromatic rings. The van der Waals surface area contributed by atoms with Gasteiger partial charge in [-0.15, -0.1) is 11.3 Å². The summed E-state index contributed by atoms with van der Waals surface area (Å²) in [7, 11) is 0. The highest BCUT2D eigenvalue weighted by Crippen LogP contribution is 2.36. The molecule has 0 fully saturated rings. The van der Waals surface area contributed by atoms with E-state index < -0.39 is 0 Å². The zero-order valence-electron chi connectivity index (χ0n) is 7.93. The van der Waals surface area contributed by atoms with Gasteiger partial charge in [-0.3, -0.25) is 0 Å². The summed E-state index contributed by atoms with van der Waals surface area (Å²) < 4.78 is 0. The minimum atomic E-state index is 0.603. The lowest BCUT2D eigenvalue weighted by Crippen LogP contribution is -1.76. The maximum absolute atomic E-state index is 8.73. The van der Waals surface area contributed by atoms with Crippen molar-refractivity contribution in [1.82, 2.24) is 0 Å². The largest absolute Gasteiger partial charge is 0.193 e. The number of aryl methyl sites for hydroxylation is 2. The molecule has 0 aliphatic heterocycles. The Balaban J connectivity index is 2.40. The number of nitriles is 1. The van der Waals surface area contributed by atoms with Crippen LogP contribution in [-0.4, -0.2) is 0 Å². The zero-order chi connectivity index (χ0) is 10.1. The fraction of sp³-hybridized carbons (Fsp3) is 0.364. The Morgan fingerprint density at radius 2 is 2.36 bits per heavy atom. The van der Waals surface area contributed by atoms with Gasteiger partial charge < -0.3 is 0 Å². The Hall–Kier alpha value is -0.780. The van der Waals surface area contributed by atoms with Crippen LogP contribution in [0.2, 0.25) is 0 Å². The predicted octanol–water partition coefficient (Wildman–Crippen LogP) is 3.73. The summed E-state index contributed by atoms with van der Waals surface area (Å²) in [5.41, 5.74) is 2.03. The molecule has 1 aromatic heterocycles. The number of rotatable bonds is 1. The Kier molecular flexibility index (Phi) is 2.62. The molecular weight excluding hydrogens is 214 g/mol. The third-order valence-electron chi connectivity index (χ3n) is 2.46. The van der Waals surface area contributed by atoms with Crippen LogP contribution in [0.25, 0.3) is 5.03 Å². The molecule has 0 unspecified atom stereocenters. The monoisotopic (exact) mass is 223 g/mol. The van der Waals surface area contributed by atoms with E-state index in [1.165, 1.54) is 29.7 Å². The Bertz CT molecular complexity index is 415. The lowest BCUT2D eigenvalue weighted by Gasteiger charge is -1.94. The van der Waals surface area contributed by atoms with Gasteiger partial charge in [0.15, 0.2) is 0 Å². The molecule has 0 radical (unpaired) electrons. The van der Waals surface area contributed by atoms with E-state index in [1.54, 1.807) is 18.3 Å². The molecule has 0 aromatic carbocycles. The van der Waals surface area contributed by atoms with Crippen LogP contribution < -0.4 is 0 Å². The summed E-state index contributed by atoms with van der Waals surface area (Å²) in [4.78, 5) is 2.50. The molecule has 3 heteroatoms. The second-order valence-electron chi connectivity index (χ2n) is 3.46. The molecule has 1 aliphatic rings. The van der Waals surface area contributed by atoms with Gasteiger partial charge in [-0.1, -0.05) is 11.6 Å². The fourth-order valence-electron chi connectivity index (χ4n) is 1.67. The molecule has 0 atom stereocenters. The Morgan fingerprint density at radius 1 is 1.57 bits per heavy atom. The first kappa shape index (κ1) is 9.76. The van der Waals surface area contributed by atoms with Gasteiger partial charge in [0.05, 0.1) is 11.1 Å². The number of hydrogen-bond acceptors (Lipinski definition) is 2. The Labute approximate surface area is 92.6 Å². The molecule has 1 aliphatic carbocycles. The van der Waals surface area contributed by atoms with Gasteiger partial charge in [0.2, 0.25) is 0 Å². The maximum atomic E-state index is 8.73. The molecule has 72 valence electrons. The van der Waals surface area contributed by atoms with E-state index in [0.717, 1.165) is 4.88 Å². The van der Waals surface area contributed by atoms with Gasteiger partial charge >= 0.3 is 0 Å². The van der Waals surface area contributed by atoms with E-state index in [4.69, 9.17) is 16.9 Å². The number of thiophene rings is 1. The van der Waals surface area contributed by atoms with Crippen molar-refractivity contribution in [3.63, 3.8) is 0 Å². The van der Waals surface area contributed by atoms with Crippen LogP contribution in [0.15, 0.2) is 11.6 Å². The standard InChI is InChI=1S/C11H10ClNS/c1-7(6-13)11(12)10-5-8-3-2-4-9(8)14-10/h5H,2-4H2,1H3/b11-7-. The van der Waals surface area contributed by atoms with Crippen molar-refractivity contribution in [2.75, 3.05) is 0 Å². The number of nitrogens with zero attached hydrogens (tertiary/aromatic N) is 1. The second-order valence-corrected chi connectivity index (χ2v) is 4.98. The molecule has 14 heavy (non-hydrogen) atoms. The molecule has 0 bridgehead atoms. The lowest BCUT2D eigenvalue weighted by atomic mass is 10.2. The maximum Gasteiger partial charge on any atom is 0.0960 e. The van der Waals surface area contributed by atoms with Gasteiger partial charge in [-0.25, -0.2) is 0 Å². The predicted molar refractivity (Wildman–Crippen MR) is 60.4 cm³/mol. The van der Waals surface area contributed by atoms with Crippen molar-refractivity contribution in [3.05, 3.63) is 27.0 Å². The zero-order valence-corrected chi connectivity index (χ0v) is 9.50. The fourth-order valence-corrected chi connectivity index (χ4v) is 3.13. The molecule has 0 saturated heterocycles. The SMILES string of the molecule is C/C(C#N)=C(/Cl)c1cc2c(s1)CCC2. The van der Waals surface area contributed by atoms with E-state index in [-0.39, 0.29) is 0 Å². The molecule has 0 N–H and O–H groups in total. The molecule has 1 heterocycles. The van der Waals surface area contributed by atoms with Crippen molar-refractivity contribution in [2.45, 2.75) is 26.2 Å². The smallest absolute Gasteiger partial charge is 0.0960 e. The summed E-state index contributed by atoms with van der Waals surface area (Å²) in [6.45, 7) is 1.76. The van der Waals surface area contributed by atoms with Crippen LogP contribution in [0, 0.1) is 11.3 Å². The molecule has 0 spiro atoms. The summed E-state index contributed by atoms with van der Waals surface area (Å²) in [5.74, 6) is 0. The molecule has 0 amide bonds. The van der Waals surface area contributed by atoms with E-state index in [0.29, 0.717) is 10.6 Å². The molecule has 0 saturated carbocycles. The topological polar surface area (TPSA) is 23.8 Å². The highest BCUT2D eigenvalue weighted by molar-refractivity contribution is 7.14. The molecule has 2 rings (SSSR count). The third-order valence-corrected chi connectivity index (χ3v) is 4.31. The van der Waals surface area contributed by atoms with E-state index in [9.17, 15) is 0 Å². The van der Waals surface area contributed by atoms with E-state index >= 15 is 0 Å². The first-order chi connectivity index (χ1) is 6.72. The highest BCUT2D eigenvalue weighted by Gasteiger charge is 2.16. The van der Waals surface area contributed by atoms with Crippen LogP contribution in [-0.2, 0) is 12.8 Å². The summed E-state index contributed by atoms with van der Waals surface area (Å²) in [6.07, 6.45) is 3.61. The number of halogens is 1. The molecular formula is C11H10ClNS. The van der Waals surface area contributed by atoms with Crippen LogP contribution in [0.1, 0.15) is 28.7 Å². The number of hydrogen-bond donors (Lipinski definition) is 0. The van der Waals surface area contributed by atoms with Crippen LogP contribution >= 0.6 is 22.9 Å². The Morgan fingerprint density at radius 3 is 3.00 bits per heavy atom. The normalized spacial score (nSPS) is 16.1. The lowest BCUT2D eigenvalue weighted by molar-refractivity contribution is 0.914. The number of allylic oxidation sites excluding steroid dienone is 1. The molecule has 1 nitrogen and oxygen atoms in total. The van der Waals surface area contributed by atoms with E-state index in [1.807, 2.05) is 0 Å². The highest BCUT2D eigenvalue weighted by atomic mass is 35.5. The first-order valence-corrected chi connectivity index (χ1v) is 5.80. The summed E-state index contributed by atoms with van der Waals surface area (Å²) in [5, 5.41) is 9.34. The average Bonchev–Trinajstić information content (AvgIpc) is 2.74. The number of fused-ring (bicyclic) bond motifs is 1. The van der Waals surface area contributed by atoms with Crippen molar-refractivity contribution < 1.29 is 0 Å². The van der Waals surface area contributed by atoms with Gasteiger partial charge in [0.1, 0.15) is 0 Å². The quantitative estimate of drug-likeness (QED) is 0.666. The van der Waals surface area contributed by atoms with Gasteiger partial charge in [-0.2, -0.15) is 5.26 Å². The van der Waals surface area contributed by atoms with Crippen LogP contribution in [0.3, 0.4) is 0 Å². The van der Waals surface area contributed by atoms with Gasteiger partial charge in [0.25, 0.3) is 0 Å². The minimum absolute atomic E-state index is 0.603. The van der Waals surface area contributed by atoms with Gasteiger partial charge in [-0.05, 0) is 37.8 Å². The third kappa shape index (κ3) is 1.58. The van der Waals surface area contributed by atoms with Crippen molar-refractivity contribution in [2.24, 2.45) is 0 Å². The van der Waals surface area contributed by atoms with E-state index in [2.05, 4.69) is 12.1 Å². The van der Waals surface area contributed by atoms with Crippen LogP contribution in [0.4, 0.5) is 0 Å². The summed E-state index contributed by atoms with van der Waals surface area (Å²) >= 11 is 7.82. The van der Waals surface area contributed by atoms with Crippen molar-refractivity contribution >= 4 is 28.0 Å². The summed E-state index contributed by atoms with van der Waals surface area (Å²) in [6, 6.07) is 4.22. The van der Waals surface area contributed by atoms with Crippen LogP contribution in [0.5, 0.6) is 0 Å². The van der Waals surface area contributed by atoms with Gasteiger partial charge in [0, 0.05) is 15.3 Å². The minimum Gasteiger partial charge on any atom is -0.193 e. The van der Waals surface area contributed by atoms with Crippen molar-refractivity contribution in [1.29, 1.82) is 5.26 Å². The first-order valence-electron chi connectivity index (χ1n) is 4.61.